The molecule has 21 heavy (non-hydrogen) atoms. The first-order valence-corrected chi connectivity index (χ1v) is 8.03. The van der Waals surface area contributed by atoms with Crippen LogP contribution in [0.4, 0.5) is 0 Å². The van der Waals surface area contributed by atoms with E-state index in [1.807, 2.05) is 0 Å². The number of benzene rings is 2. The standard InChI is InChI=1S/C19H22N2/c1-2-20-11-13-21(14-12-20)19-17-9-5-3-7-15(17)16-8-4-6-10-18(16)19/h3-10,19H,2,11-14H2,1H3. The molecule has 0 saturated carbocycles. The Hall–Kier alpha value is -1.64. The second-order valence-corrected chi connectivity index (χ2v) is 6.05. The molecule has 0 radical (unpaired) electrons. The molecule has 1 aliphatic carbocycles. The summed E-state index contributed by atoms with van der Waals surface area (Å²) in [5.74, 6) is 0. The fraction of sp³-hybridized carbons (Fsp3) is 0.368. The van der Waals surface area contributed by atoms with Gasteiger partial charge in [0.2, 0.25) is 0 Å². The van der Waals surface area contributed by atoms with Crippen LogP contribution in [0.1, 0.15) is 24.1 Å². The van der Waals surface area contributed by atoms with Crippen LogP contribution >= 0.6 is 0 Å². The molecule has 0 amide bonds. The van der Waals surface area contributed by atoms with E-state index < -0.39 is 0 Å². The van der Waals surface area contributed by atoms with Crippen molar-refractivity contribution >= 4 is 0 Å². The monoisotopic (exact) mass is 278 g/mol. The number of hydrogen-bond donors (Lipinski definition) is 0. The third kappa shape index (κ3) is 2.10. The van der Waals surface area contributed by atoms with Crippen molar-refractivity contribution in [1.29, 1.82) is 0 Å². The zero-order valence-electron chi connectivity index (χ0n) is 12.6. The van der Waals surface area contributed by atoms with Crippen LogP contribution in [0.2, 0.25) is 0 Å². The average molecular weight is 278 g/mol. The maximum atomic E-state index is 2.66. The van der Waals surface area contributed by atoms with Gasteiger partial charge in [-0.3, -0.25) is 4.90 Å². The molecular weight excluding hydrogens is 256 g/mol. The first-order valence-electron chi connectivity index (χ1n) is 8.03. The fourth-order valence-corrected chi connectivity index (χ4v) is 3.86. The lowest BCUT2D eigenvalue weighted by molar-refractivity contribution is 0.115. The maximum Gasteiger partial charge on any atom is 0.0614 e. The molecule has 0 N–H and O–H groups in total. The third-order valence-corrected chi connectivity index (χ3v) is 5.02. The predicted octanol–water partition coefficient (Wildman–Crippen LogP) is 3.39. The summed E-state index contributed by atoms with van der Waals surface area (Å²) in [5, 5.41) is 0. The van der Waals surface area contributed by atoms with E-state index in [1.165, 1.54) is 55.0 Å². The number of rotatable bonds is 2. The van der Waals surface area contributed by atoms with Crippen molar-refractivity contribution in [3.63, 3.8) is 0 Å². The van der Waals surface area contributed by atoms with Gasteiger partial charge in [-0.1, -0.05) is 55.5 Å². The highest BCUT2D eigenvalue weighted by Gasteiger charge is 2.33. The van der Waals surface area contributed by atoms with Crippen molar-refractivity contribution < 1.29 is 0 Å². The molecule has 0 aromatic heterocycles. The van der Waals surface area contributed by atoms with Gasteiger partial charge in [-0.25, -0.2) is 0 Å². The molecule has 1 aliphatic heterocycles. The summed E-state index contributed by atoms with van der Waals surface area (Å²) in [7, 11) is 0. The van der Waals surface area contributed by atoms with Gasteiger partial charge in [0, 0.05) is 26.2 Å². The van der Waals surface area contributed by atoms with Crippen LogP contribution < -0.4 is 0 Å². The van der Waals surface area contributed by atoms with Crippen LogP contribution in [0.15, 0.2) is 48.5 Å². The molecule has 0 bridgehead atoms. The highest BCUT2D eigenvalue weighted by Crippen LogP contribution is 2.46. The minimum atomic E-state index is 0.455. The molecule has 2 aromatic rings. The molecule has 2 nitrogen and oxygen atoms in total. The van der Waals surface area contributed by atoms with Crippen molar-refractivity contribution in [2.24, 2.45) is 0 Å². The van der Waals surface area contributed by atoms with Crippen molar-refractivity contribution in [3.05, 3.63) is 59.7 Å². The van der Waals surface area contributed by atoms with E-state index in [4.69, 9.17) is 0 Å². The Morgan fingerprint density at radius 3 is 1.86 bits per heavy atom. The number of piperazine rings is 1. The van der Waals surface area contributed by atoms with E-state index in [-0.39, 0.29) is 0 Å². The second-order valence-electron chi connectivity index (χ2n) is 6.05. The van der Waals surface area contributed by atoms with E-state index >= 15 is 0 Å². The van der Waals surface area contributed by atoms with Crippen molar-refractivity contribution in [3.8, 4) is 11.1 Å². The molecule has 1 fully saturated rings. The Kier molecular flexibility index (Phi) is 3.28. The van der Waals surface area contributed by atoms with Crippen molar-refractivity contribution in [2.75, 3.05) is 32.7 Å². The minimum absolute atomic E-state index is 0.455. The number of hydrogen-bond acceptors (Lipinski definition) is 2. The number of fused-ring (bicyclic) bond motifs is 3. The molecule has 0 spiro atoms. The summed E-state index contributed by atoms with van der Waals surface area (Å²) in [6.07, 6.45) is 0. The lowest BCUT2D eigenvalue weighted by Gasteiger charge is -2.38. The summed E-state index contributed by atoms with van der Waals surface area (Å²) >= 11 is 0. The van der Waals surface area contributed by atoms with Gasteiger partial charge in [-0.05, 0) is 28.8 Å². The van der Waals surface area contributed by atoms with Crippen LogP contribution in [0.5, 0.6) is 0 Å². The first-order chi connectivity index (χ1) is 10.4. The molecular formula is C19H22N2. The van der Waals surface area contributed by atoms with E-state index in [1.54, 1.807) is 0 Å². The Morgan fingerprint density at radius 2 is 1.33 bits per heavy atom. The van der Waals surface area contributed by atoms with E-state index in [0.29, 0.717) is 6.04 Å². The second kappa shape index (κ2) is 5.28. The Morgan fingerprint density at radius 1 is 0.810 bits per heavy atom. The quantitative estimate of drug-likeness (QED) is 0.831. The van der Waals surface area contributed by atoms with Crippen LogP contribution in [0, 0.1) is 0 Å². The van der Waals surface area contributed by atoms with Gasteiger partial charge in [0.25, 0.3) is 0 Å². The van der Waals surface area contributed by atoms with Gasteiger partial charge in [-0.15, -0.1) is 0 Å². The summed E-state index contributed by atoms with van der Waals surface area (Å²) in [6.45, 7) is 8.15. The van der Waals surface area contributed by atoms with Crippen LogP contribution in [0.25, 0.3) is 11.1 Å². The summed E-state index contributed by atoms with van der Waals surface area (Å²) in [4.78, 5) is 5.21. The third-order valence-electron chi connectivity index (χ3n) is 5.02. The lowest BCUT2D eigenvalue weighted by Crippen LogP contribution is -2.47. The Bertz CT molecular complexity index is 596. The highest BCUT2D eigenvalue weighted by atomic mass is 15.3. The summed E-state index contributed by atoms with van der Waals surface area (Å²) < 4.78 is 0. The molecule has 4 rings (SSSR count). The van der Waals surface area contributed by atoms with Crippen molar-refractivity contribution in [2.45, 2.75) is 13.0 Å². The van der Waals surface area contributed by atoms with Crippen LogP contribution in [0.3, 0.4) is 0 Å². The predicted molar refractivity (Wildman–Crippen MR) is 87.4 cm³/mol. The van der Waals surface area contributed by atoms with Crippen LogP contribution in [-0.4, -0.2) is 42.5 Å². The lowest BCUT2D eigenvalue weighted by atomic mass is 10.0. The van der Waals surface area contributed by atoms with Gasteiger partial charge in [0.05, 0.1) is 6.04 Å². The molecule has 1 heterocycles. The molecule has 2 heteroatoms. The van der Waals surface area contributed by atoms with Gasteiger partial charge >= 0.3 is 0 Å². The SMILES string of the molecule is CCN1CCN(C2c3ccccc3-c3ccccc32)CC1. The zero-order chi connectivity index (χ0) is 14.2. The molecule has 2 aromatic carbocycles. The smallest absolute Gasteiger partial charge is 0.0614 e. The first kappa shape index (κ1) is 13.1. The Balaban J connectivity index is 1.72. The summed E-state index contributed by atoms with van der Waals surface area (Å²) in [6, 6.07) is 18.3. The normalized spacial score (nSPS) is 19.5. The zero-order valence-corrected chi connectivity index (χ0v) is 12.6. The number of likely N-dealkylation sites (N-methyl/N-ethyl adjacent to an activating group) is 1. The topological polar surface area (TPSA) is 6.48 Å². The minimum Gasteiger partial charge on any atom is -0.301 e. The largest absolute Gasteiger partial charge is 0.301 e. The van der Waals surface area contributed by atoms with Crippen molar-refractivity contribution in [1.82, 2.24) is 9.80 Å². The van der Waals surface area contributed by atoms with Gasteiger partial charge in [-0.2, -0.15) is 0 Å². The Labute approximate surface area is 127 Å². The summed E-state index contributed by atoms with van der Waals surface area (Å²) in [5.41, 5.74) is 5.83. The molecule has 0 atom stereocenters. The molecule has 0 unspecified atom stereocenters. The molecule has 2 aliphatic rings. The van der Waals surface area contributed by atoms with Gasteiger partial charge in [0.15, 0.2) is 0 Å². The van der Waals surface area contributed by atoms with E-state index in [9.17, 15) is 0 Å². The number of nitrogens with zero attached hydrogens (tertiary/aromatic N) is 2. The van der Waals surface area contributed by atoms with E-state index in [2.05, 4.69) is 65.3 Å². The van der Waals surface area contributed by atoms with E-state index in [0.717, 1.165) is 0 Å². The maximum absolute atomic E-state index is 2.66. The van der Waals surface area contributed by atoms with Gasteiger partial charge in [0.1, 0.15) is 0 Å². The highest BCUT2D eigenvalue weighted by molar-refractivity contribution is 5.78. The van der Waals surface area contributed by atoms with Gasteiger partial charge < -0.3 is 4.90 Å². The fourth-order valence-electron chi connectivity index (χ4n) is 3.86. The van der Waals surface area contributed by atoms with Crippen LogP contribution in [-0.2, 0) is 0 Å². The molecule has 1 saturated heterocycles. The average Bonchev–Trinajstić information content (AvgIpc) is 2.90. The molecule has 108 valence electrons.